The number of rotatable bonds is 11. The Bertz CT molecular complexity index is 2010. The molecule has 4 atom stereocenters. The highest BCUT2D eigenvalue weighted by Gasteiger charge is 2.51. The van der Waals surface area contributed by atoms with Gasteiger partial charge in [0.05, 0.1) is 50.7 Å². The number of nitrogens with zero attached hydrogens (tertiary/aromatic N) is 3. The number of carbonyl (C=O) groups excluding carboxylic acids is 3. The average Bonchev–Trinajstić information content (AvgIpc) is 3.72. The Morgan fingerprint density at radius 3 is 1.73 bits per heavy atom. The quantitative estimate of drug-likeness (QED) is 0.116. The van der Waals surface area contributed by atoms with Crippen molar-refractivity contribution in [3.63, 3.8) is 0 Å². The monoisotopic (exact) mass is 686 g/mol. The number of fused-ring (bicyclic) bond motifs is 1. The summed E-state index contributed by atoms with van der Waals surface area (Å²) in [5, 5.41) is 0. The number of aromatic nitrogens is 4. The number of imidazole rings is 1. The maximum absolute atomic E-state index is 13.6. The van der Waals surface area contributed by atoms with Gasteiger partial charge in [-0.1, -0.05) is 12.2 Å². The fourth-order valence-electron chi connectivity index (χ4n) is 5.21. The summed E-state index contributed by atoms with van der Waals surface area (Å²) in [5.41, 5.74) is 1.43. The van der Waals surface area contributed by atoms with Crippen LogP contribution in [-0.4, -0.2) is 83.7 Å². The fourth-order valence-corrected chi connectivity index (χ4v) is 5.41. The molecule has 15 heteroatoms. The number of hydrogen-bond donors (Lipinski definition) is 1. The summed E-state index contributed by atoms with van der Waals surface area (Å²) in [6.45, 7) is -0.372. The Balaban J connectivity index is 1.36. The van der Waals surface area contributed by atoms with Crippen LogP contribution in [0.2, 0.25) is 0 Å². The Morgan fingerprint density at radius 2 is 1.22 bits per heavy atom. The summed E-state index contributed by atoms with van der Waals surface area (Å²) in [5.74, 6) is -0.501. The molecule has 1 saturated heterocycles. The molecule has 0 amide bonds. The highest BCUT2D eigenvalue weighted by Crippen LogP contribution is 2.37. The number of H-pyrrole nitrogens is 1. The minimum Gasteiger partial charge on any atom is -0.497 e. The average molecular weight is 687 g/mol. The number of ether oxygens (including phenoxy) is 7. The van der Waals surface area contributed by atoms with Crippen LogP contribution in [0.4, 0.5) is 0 Å². The van der Waals surface area contributed by atoms with Crippen LogP contribution in [-0.2, 0) is 18.9 Å². The molecule has 14 nitrogen and oxygen atoms in total. The van der Waals surface area contributed by atoms with E-state index < -0.39 is 42.4 Å². The number of methoxy groups -OCH3 is 3. The third-order valence-corrected chi connectivity index (χ3v) is 8.08. The van der Waals surface area contributed by atoms with E-state index in [0.29, 0.717) is 28.4 Å². The minimum absolute atomic E-state index is 0.196. The van der Waals surface area contributed by atoms with Crippen LogP contribution in [0.1, 0.15) is 37.3 Å². The molecule has 0 spiro atoms. The zero-order chi connectivity index (χ0) is 34.5. The lowest BCUT2D eigenvalue weighted by Crippen LogP contribution is -2.41. The minimum atomic E-state index is -1.27. The highest BCUT2D eigenvalue weighted by molar-refractivity contribution is 7.71. The molecular weight excluding hydrogens is 656 g/mol. The summed E-state index contributed by atoms with van der Waals surface area (Å²) in [7, 11) is 4.53. The molecule has 1 aliphatic heterocycles. The zero-order valence-electron chi connectivity index (χ0n) is 26.4. The number of hydrogen-bond acceptors (Lipinski definition) is 13. The Labute approximate surface area is 284 Å². The van der Waals surface area contributed by atoms with E-state index in [-0.39, 0.29) is 27.9 Å². The van der Waals surface area contributed by atoms with Gasteiger partial charge in [0.15, 0.2) is 23.1 Å². The topological polar surface area (TPSA) is 162 Å². The molecule has 3 aromatic carbocycles. The number of aromatic amines is 1. The van der Waals surface area contributed by atoms with Crippen LogP contribution in [0.3, 0.4) is 0 Å². The highest BCUT2D eigenvalue weighted by atomic mass is 32.1. The maximum atomic E-state index is 13.6. The van der Waals surface area contributed by atoms with Crippen LogP contribution in [0.5, 0.6) is 17.2 Å². The van der Waals surface area contributed by atoms with Crippen molar-refractivity contribution in [1.29, 1.82) is 0 Å². The molecule has 0 radical (unpaired) electrons. The van der Waals surface area contributed by atoms with Gasteiger partial charge in [0.25, 0.3) is 0 Å². The lowest BCUT2D eigenvalue weighted by Gasteiger charge is -2.25. The molecule has 49 heavy (non-hydrogen) atoms. The van der Waals surface area contributed by atoms with Gasteiger partial charge >= 0.3 is 17.9 Å². The van der Waals surface area contributed by atoms with E-state index in [4.69, 9.17) is 45.4 Å². The van der Waals surface area contributed by atoms with Gasteiger partial charge in [-0.25, -0.2) is 24.4 Å². The Kier molecular flexibility index (Phi) is 9.82. The van der Waals surface area contributed by atoms with Gasteiger partial charge < -0.3 is 38.1 Å². The van der Waals surface area contributed by atoms with E-state index in [1.807, 2.05) is 0 Å². The summed E-state index contributed by atoms with van der Waals surface area (Å²) < 4.78 is 41.5. The van der Waals surface area contributed by atoms with Crippen molar-refractivity contribution in [2.24, 2.45) is 0 Å². The third kappa shape index (κ3) is 7.07. The fraction of sp³-hybridized carbons (Fsp3) is 0.235. The smallest absolute Gasteiger partial charge is 0.338 e. The second kappa shape index (κ2) is 14.5. The maximum Gasteiger partial charge on any atom is 0.338 e. The van der Waals surface area contributed by atoms with Gasteiger partial charge in [0.1, 0.15) is 41.1 Å². The summed E-state index contributed by atoms with van der Waals surface area (Å²) in [6, 6.07) is 18.9. The van der Waals surface area contributed by atoms with E-state index in [0.717, 1.165) is 0 Å². The molecular formula is C34H30N4O10S. The lowest BCUT2D eigenvalue weighted by molar-refractivity contribution is -0.0606. The molecule has 0 saturated carbocycles. The van der Waals surface area contributed by atoms with Gasteiger partial charge in [-0.15, -0.1) is 0 Å². The van der Waals surface area contributed by atoms with Gasteiger partial charge in [0, 0.05) is 0 Å². The molecule has 1 aliphatic rings. The van der Waals surface area contributed by atoms with Crippen LogP contribution < -0.4 is 14.2 Å². The van der Waals surface area contributed by atoms with E-state index >= 15 is 0 Å². The molecule has 4 unspecified atom stereocenters. The summed E-state index contributed by atoms with van der Waals surface area (Å²) in [4.78, 5) is 51.6. The molecule has 5 aromatic rings. The molecule has 252 valence electrons. The van der Waals surface area contributed by atoms with Gasteiger partial charge in [-0.2, -0.15) is 0 Å². The number of esters is 3. The van der Waals surface area contributed by atoms with Crippen LogP contribution in [0.15, 0.2) is 85.5 Å². The first-order valence-electron chi connectivity index (χ1n) is 14.9. The van der Waals surface area contributed by atoms with Crippen molar-refractivity contribution >= 4 is 41.3 Å². The first-order chi connectivity index (χ1) is 23.8. The van der Waals surface area contributed by atoms with Gasteiger partial charge in [0.2, 0.25) is 0 Å². The van der Waals surface area contributed by atoms with E-state index in [9.17, 15) is 14.4 Å². The summed E-state index contributed by atoms with van der Waals surface area (Å²) >= 11 is 5.35. The second-order valence-corrected chi connectivity index (χ2v) is 11.0. The molecule has 2 aromatic heterocycles. The third-order valence-electron chi connectivity index (χ3n) is 7.78. The SMILES string of the molecule is COc1ccc(C(=O)OCC2OC(n3cnc4c(=S)nc[nH]c43)C(OC(=O)c3ccc(OC)cc3)C2OC(=O)c2ccc(OC)cc2)cc1. The number of benzene rings is 3. The van der Waals surface area contributed by atoms with Crippen LogP contribution in [0, 0.1) is 4.64 Å². The van der Waals surface area contributed by atoms with Crippen LogP contribution >= 0.6 is 12.2 Å². The largest absolute Gasteiger partial charge is 0.497 e. The Morgan fingerprint density at radius 1 is 0.735 bits per heavy atom. The number of nitrogens with one attached hydrogen (secondary N) is 1. The first kappa shape index (κ1) is 33.1. The van der Waals surface area contributed by atoms with Crippen molar-refractivity contribution in [2.75, 3.05) is 27.9 Å². The first-order valence-corrected chi connectivity index (χ1v) is 15.3. The van der Waals surface area contributed by atoms with Crippen LogP contribution in [0.25, 0.3) is 11.2 Å². The molecule has 0 aliphatic carbocycles. The molecule has 1 N–H and O–H groups in total. The van der Waals surface area contributed by atoms with Crippen molar-refractivity contribution in [3.05, 3.63) is 107 Å². The number of carbonyl (C=O) groups is 3. The van der Waals surface area contributed by atoms with Gasteiger partial charge in [-0.05, 0) is 72.8 Å². The van der Waals surface area contributed by atoms with E-state index in [2.05, 4.69) is 15.0 Å². The van der Waals surface area contributed by atoms with Crippen molar-refractivity contribution in [1.82, 2.24) is 19.5 Å². The molecule has 3 heterocycles. The predicted molar refractivity (Wildman–Crippen MR) is 174 cm³/mol. The van der Waals surface area contributed by atoms with E-state index in [1.165, 1.54) is 58.2 Å². The van der Waals surface area contributed by atoms with Crippen molar-refractivity contribution in [2.45, 2.75) is 24.5 Å². The molecule has 0 bridgehead atoms. The predicted octanol–water partition coefficient (Wildman–Crippen LogP) is 4.72. The normalized spacial score (nSPS) is 18.4. The Hall–Kier alpha value is -5.80. The van der Waals surface area contributed by atoms with Gasteiger partial charge in [-0.3, -0.25) is 4.57 Å². The molecule has 6 rings (SSSR count). The van der Waals surface area contributed by atoms with Crippen molar-refractivity contribution in [3.8, 4) is 17.2 Å². The summed E-state index contributed by atoms with van der Waals surface area (Å²) in [6.07, 6.45) is -1.94. The lowest BCUT2D eigenvalue weighted by atomic mass is 10.1. The standard InChI is InChI=1S/C34H30N4O10S/c1-42-22-10-4-19(5-11-22)32(39)45-16-25-27(47-33(40)20-6-12-23(43-2)13-7-20)28(48-34(41)21-8-14-24(44-3)15-9-21)31(46-25)38-18-37-26-29(38)35-17-36-30(26)49/h4-15,17-18,25,27-28,31H,16H2,1-3H3,(H,35,36,49). The van der Waals surface area contributed by atoms with Crippen molar-refractivity contribution < 1.29 is 47.5 Å². The zero-order valence-corrected chi connectivity index (χ0v) is 27.2. The van der Waals surface area contributed by atoms with E-state index in [1.54, 1.807) is 53.1 Å². The second-order valence-electron chi connectivity index (χ2n) is 10.6. The molecule has 1 fully saturated rings.